The number of hydrogen-bond donors (Lipinski definition) is 0. The highest BCUT2D eigenvalue weighted by Gasteiger charge is 2.20. The number of anilines is 1. The summed E-state index contributed by atoms with van der Waals surface area (Å²) in [7, 11) is 0. The zero-order valence-corrected chi connectivity index (χ0v) is 11.5. The van der Waals surface area contributed by atoms with E-state index in [4.69, 9.17) is 4.52 Å². The summed E-state index contributed by atoms with van der Waals surface area (Å²) in [5, 5.41) is 8.22. The van der Waals surface area contributed by atoms with Crippen molar-refractivity contribution in [3.8, 4) is 0 Å². The van der Waals surface area contributed by atoms with Crippen molar-refractivity contribution in [2.24, 2.45) is 0 Å². The molecule has 0 N–H and O–H groups in total. The second-order valence-corrected chi connectivity index (χ2v) is 5.05. The number of fused-ring (bicyclic) bond motifs is 1. The van der Waals surface area contributed by atoms with Crippen LogP contribution in [0.5, 0.6) is 0 Å². The third kappa shape index (κ3) is 2.33. The molecule has 3 aromatic rings. The number of rotatable bonds is 3. The van der Waals surface area contributed by atoms with Crippen LogP contribution in [0.15, 0.2) is 35.6 Å². The number of aromatic nitrogens is 5. The van der Waals surface area contributed by atoms with Crippen molar-refractivity contribution >= 4 is 11.5 Å². The van der Waals surface area contributed by atoms with Crippen molar-refractivity contribution in [2.75, 3.05) is 31.1 Å². The van der Waals surface area contributed by atoms with Gasteiger partial charge in [-0.1, -0.05) is 5.16 Å². The normalized spacial score (nSPS) is 16.7. The molecule has 21 heavy (non-hydrogen) atoms. The summed E-state index contributed by atoms with van der Waals surface area (Å²) in [6.45, 7) is 4.63. The smallest absolute Gasteiger partial charge is 0.175 e. The molecule has 0 spiro atoms. The number of nitrogens with zero attached hydrogens (tertiary/aromatic N) is 7. The van der Waals surface area contributed by atoms with E-state index in [9.17, 15) is 0 Å². The minimum atomic E-state index is 0.775. The first-order chi connectivity index (χ1) is 10.4. The van der Waals surface area contributed by atoms with Crippen LogP contribution in [0, 0.1) is 0 Å². The number of piperazine rings is 1. The van der Waals surface area contributed by atoms with Crippen LogP contribution in [0.2, 0.25) is 0 Å². The van der Waals surface area contributed by atoms with E-state index in [0.717, 1.165) is 49.9 Å². The lowest BCUT2D eigenvalue weighted by atomic mass is 10.3. The van der Waals surface area contributed by atoms with Crippen molar-refractivity contribution in [2.45, 2.75) is 6.54 Å². The van der Waals surface area contributed by atoms with Gasteiger partial charge < -0.3 is 9.42 Å². The van der Waals surface area contributed by atoms with Crippen LogP contribution in [0.25, 0.3) is 5.65 Å². The largest absolute Gasteiger partial charge is 0.364 e. The lowest BCUT2D eigenvalue weighted by molar-refractivity contribution is 0.241. The molecule has 0 unspecified atom stereocenters. The molecule has 0 saturated carbocycles. The summed E-state index contributed by atoms with van der Waals surface area (Å²) >= 11 is 0. The molecule has 8 nitrogen and oxygen atoms in total. The quantitative estimate of drug-likeness (QED) is 0.691. The van der Waals surface area contributed by atoms with E-state index in [-0.39, 0.29) is 0 Å². The van der Waals surface area contributed by atoms with Gasteiger partial charge >= 0.3 is 0 Å². The molecule has 108 valence electrons. The molecule has 0 radical (unpaired) electrons. The van der Waals surface area contributed by atoms with E-state index < -0.39 is 0 Å². The molecule has 4 heterocycles. The van der Waals surface area contributed by atoms with E-state index in [2.05, 4.69) is 30.0 Å². The van der Waals surface area contributed by atoms with Gasteiger partial charge in [0.2, 0.25) is 0 Å². The zero-order chi connectivity index (χ0) is 14.1. The van der Waals surface area contributed by atoms with Gasteiger partial charge in [0.1, 0.15) is 12.6 Å². The van der Waals surface area contributed by atoms with Gasteiger partial charge in [0.15, 0.2) is 11.5 Å². The van der Waals surface area contributed by atoms with Crippen LogP contribution < -0.4 is 4.90 Å². The summed E-state index contributed by atoms with van der Waals surface area (Å²) in [5.41, 5.74) is 1.75. The van der Waals surface area contributed by atoms with Crippen LogP contribution in [0.3, 0.4) is 0 Å². The maximum absolute atomic E-state index is 4.87. The lowest BCUT2D eigenvalue weighted by Crippen LogP contribution is -2.46. The fourth-order valence-electron chi connectivity index (χ4n) is 2.64. The van der Waals surface area contributed by atoms with Crippen molar-refractivity contribution in [3.63, 3.8) is 0 Å². The Balaban J connectivity index is 1.46. The highest BCUT2D eigenvalue weighted by Crippen LogP contribution is 2.16. The molecule has 0 aliphatic carbocycles. The van der Waals surface area contributed by atoms with Crippen molar-refractivity contribution < 1.29 is 4.52 Å². The Bertz CT molecular complexity index is 715. The standard InChI is InChI=1S/C13H15N7O/c1-6-21-17-11(1)9-18-2-4-19(5-3-18)13-8-14-7-12-15-10-16-20(12)13/h1,6-8,10H,2-5,9H2. The summed E-state index contributed by atoms with van der Waals surface area (Å²) in [6, 6.07) is 1.91. The third-order valence-electron chi connectivity index (χ3n) is 3.74. The third-order valence-corrected chi connectivity index (χ3v) is 3.74. The Kier molecular flexibility index (Phi) is 3.00. The van der Waals surface area contributed by atoms with E-state index >= 15 is 0 Å². The summed E-state index contributed by atoms with van der Waals surface area (Å²) in [6.07, 6.45) is 6.73. The molecule has 4 rings (SSSR count). The molecule has 1 aliphatic heterocycles. The first-order valence-electron chi connectivity index (χ1n) is 6.90. The first kappa shape index (κ1) is 12.3. The van der Waals surface area contributed by atoms with Crippen molar-refractivity contribution in [1.82, 2.24) is 29.6 Å². The Morgan fingerprint density at radius 2 is 2.05 bits per heavy atom. The molecular weight excluding hydrogens is 270 g/mol. The van der Waals surface area contributed by atoms with Gasteiger partial charge in [-0.3, -0.25) is 9.88 Å². The van der Waals surface area contributed by atoms with Crippen LogP contribution in [-0.4, -0.2) is 55.8 Å². The fourth-order valence-corrected chi connectivity index (χ4v) is 2.64. The monoisotopic (exact) mass is 285 g/mol. The van der Waals surface area contributed by atoms with Gasteiger partial charge in [-0.15, -0.1) is 0 Å². The predicted octanol–water partition coefficient (Wildman–Crippen LogP) is 0.434. The second-order valence-electron chi connectivity index (χ2n) is 5.05. The van der Waals surface area contributed by atoms with E-state index in [1.165, 1.54) is 0 Å². The SMILES string of the molecule is c1nc2cncc(N3CCN(Cc4ccon4)CC3)n2n1. The Hall–Kier alpha value is -2.48. The molecule has 3 aromatic heterocycles. The van der Waals surface area contributed by atoms with Gasteiger partial charge in [0.25, 0.3) is 0 Å². The maximum atomic E-state index is 4.87. The molecule has 0 aromatic carbocycles. The fraction of sp³-hybridized carbons (Fsp3) is 0.385. The summed E-state index contributed by atoms with van der Waals surface area (Å²) in [5.74, 6) is 0.992. The van der Waals surface area contributed by atoms with Crippen LogP contribution >= 0.6 is 0 Å². The van der Waals surface area contributed by atoms with Crippen molar-refractivity contribution in [3.05, 3.63) is 36.7 Å². The predicted molar refractivity (Wildman–Crippen MR) is 74.8 cm³/mol. The van der Waals surface area contributed by atoms with E-state index in [1.807, 2.05) is 16.8 Å². The average Bonchev–Trinajstić information content (AvgIpc) is 3.18. The van der Waals surface area contributed by atoms with Crippen LogP contribution in [0.1, 0.15) is 5.69 Å². The average molecular weight is 285 g/mol. The van der Waals surface area contributed by atoms with Gasteiger partial charge in [-0.05, 0) is 0 Å². The molecule has 0 bridgehead atoms. The Morgan fingerprint density at radius 3 is 2.86 bits per heavy atom. The Labute approximate surface area is 121 Å². The van der Waals surface area contributed by atoms with Crippen LogP contribution in [-0.2, 0) is 6.54 Å². The molecule has 1 fully saturated rings. The lowest BCUT2D eigenvalue weighted by Gasteiger charge is -2.35. The van der Waals surface area contributed by atoms with Gasteiger partial charge in [0.05, 0.1) is 18.1 Å². The van der Waals surface area contributed by atoms with Gasteiger partial charge in [0, 0.05) is 38.8 Å². The van der Waals surface area contributed by atoms with Crippen LogP contribution in [0.4, 0.5) is 5.82 Å². The topological polar surface area (TPSA) is 75.6 Å². The number of hydrogen-bond acceptors (Lipinski definition) is 7. The van der Waals surface area contributed by atoms with Gasteiger partial charge in [-0.25, -0.2) is 4.98 Å². The molecule has 1 aliphatic rings. The van der Waals surface area contributed by atoms with Gasteiger partial charge in [-0.2, -0.15) is 9.61 Å². The minimum Gasteiger partial charge on any atom is -0.364 e. The Morgan fingerprint density at radius 1 is 1.14 bits per heavy atom. The van der Waals surface area contributed by atoms with E-state index in [1.54, 1.807) is 18.8 Å². The molecular formula is C13H15N7O. The molecule has 1 saturated heterocycles. The molecule has 0 atom stereocenters. The second kappa shape index (κ2) is 5.13. The first-order valence-corrected chi connectivity index (χ1v) is 6.90. The highest BCUT2D eigenvalue weighted by atomic mass is 16.5. The zero-order valence-electron chi connectivity index (χ0n) is 11.5. The summed E-state index contributed by atoms with van der Waals surface area (Å²) in [4.78, 5) is 13.1. The molecule has 0 amide bonds. The van der Waals surface area contributed by atoms with Crippen molar-refractivity contribution in [1.29, 1.82) is 0 Å². The maximum Gasteiger partial charge on any atom is 0.175 e. The highest BCUT2D eigenvalue weighted by molar-refractivity contribution is 5.46. The molecule has 8 heteroatoms. The summed E-state index contributed by atoms with van der Waals surface area (Å²) < 4.78 is 6.71. The minimum absolute atomic E-state index is 0.775. The van der Waals surface area contributed by atoms with E-state index in [0.29, 0.717) is 0 Å².